The zero-order valence-corrected chi connectivity index (χ0v) is 10.6. The van der Waals surface area contributed by atoms with Crippen molar-refractivity contribution in [1.82, 2.24) is 0 Å². The fourth-order valence-electron chi connectivity index (χ4n) is 2.23. The molecular weight excluding hydrogens is 206 g/mol. The van der Waals surface area contributed by atoms with Gasteiger partial charge in [-0.1, -0.05) is 62.4 Å². The van der Waals surface area contributed by atoms with Crippen LogP contribution >= 0.6 is 0 Å². The van der Waals surface area contributed by atoms with Gasteiger partial charge in [0.15, 0.2) is 0 Å². The van der Waals surface area contributed by atoms with Crippen LogP contribution in [0.2, 0.25) is 0 Å². The average Bonchev–Trinajstić information content (AvgIpc) is 2.75. The molecule has 0 amide bonds. The Bertz CT molecular complexity index is 505. The Morgan fingerprint density at radius 3 is 1.35 bits per heavy atom. The summed E-state index contributed by atoms with van der Waals surface area (Å²) in [6.45, 7) is 4.00. The number of aliphatic imine (C=N–C) groups is 1. The van der Waals surface area contributed by atoms with E-state index in [0.29, 0.717) is 0 Å². The van der Waals surface area contributed by atoms with Crippen LogP contribution in [0.5, 0.6) is 0 Å². The van der Waals surface area contributed by atoms with E-state index in [1.54, 1.807) is 0 Å². The van der Waals surface area contributed by atoms with Crippen LogP contribution in [0.1, 0.15) is 25.0 Å². The Balaban J connectivity index is 0.000000514. The lowest BCUT2D eigenvalue weighted by atomic mass is 10.1. The maximum Gasteiger partial charge on any atom is 0.0727 e. The quantitative estimate of drug-likeness (QED) is 0.542. The zero-order valence-electron chi connectivity index (χ0n) is 10.6. The minimum Gasteiger partial charge on any atom is -0.287 e. The van der Waals surface area contributed by atoms with Gasteiger partial charge in [0.05, 0.1) is 5.71 Å². The first-order chi connectivity index (χ1) is 8.42. The Morgan fingerprint density at radius 2 is 1.00 bits per heavy atom. The monoisotopic (exact) mass is 223 g/mol. The van der Waals surface area contributed by atoms with Gasteiger partial charge < -0.3 is 0 Å². The van der Waals surface area contributed by atoms with Crippen LogP contribution in [0.4, 0.5) is 0 Å². The molecule has 0 N–H and O–H groups in total. The Hall–Kier alpha value is -1.89. The molecule has 0 saturated heterocycles. The predicted octanol–water partition coefficient (Wildman–Crippen LogP) is 4.16. The molecule has 1 aliphatic rings. The minimum absolute atomic E-state index is 1.11. The molecule has 0 atom stereocenters. The molecule has 0 radical (unpaired) electrons. The Labute approximate surface area is 103 Å². The zero-order chi connectivity index (χ0) is 12.3. The molecule has 1 aliphatic carbocycles. The summed E-state index contributed by atoms with van der Waals surface area (Å²) in [5.41, 5.74) is 6.21. The van der Waals surface area contributed by atoms with E-state index in [1.165, 1.54) is 22.3 Å². The van der Waals surface area contributed by atoms with Gasteiger partial charge in [0.25, 0.3) is 0 Å². The molecule has 0 aliphatic heterocycles. The molecule has 0 heterocycles. The van der Waals surface area contributed by atoms with Gasteiger partial charge in [-0.25, -0.2) is 0 Å². The summed E-state index contributed by atoms with van der Waals surface area (Å²) in [5.74, 6) is 0. The second-order valence-electron chi connectivity index (χ2n) is 3.66. The molecule has 0 unspecified atom stereocenters. The largest absolute Gasteiger partial charge is 0.287 e. The molecule has 0 spiro atoms. The summed E-state index contributed by atoms with van der Waals surface area (Å²) < 4.78 is 0. The van der Waals surface area contributed by atoms with Crippen molar-refractivity contribution in [1.29, 1.82) is 0 Å². The second kappa shape index (κ2) is 4.96. The maximum absolute atomic E-state index is 4.39. The number of rotatable bonds is 0. The molecule has 1 heteroatoms. The van der Waals surface area contributed by atoms with E-state index in [2.05, 4.69) is 53.5 Å². The lowest BCUT2D eigenvalue weighted by Gasteiger charge is -1.97. The normalized spacial score (nSPS) is 11.1. The molecule has 2 aromatic rings. The lowest BCUT2D eigenvalue weighted by Crippen LogP contribution is -1.96. The molecule has 0 aromatic heterocycles. The van der Waals surface area contributed by atoms with Crippen LogP contribution in [-0.4, -0.2) is 12.8 Å². The van der Waals surface area contributed by atoms with Crippen LogP contribution in [0, 0.1) is 0 Å². The van der Waals surface area contributed by atoms with E-state index in [9.17, 15) is 0 Å². The lowest BCUT2D eigenvalue weighted by molar-refractivity contribution is 1.43. The molecule has 86 valence electrons. The number of benzene rings is 2. The van der Waals surface area contributed by atoms with Gasteiger partial charge in [0.1, 0.15) is 0 Å². The molecular formula is C16H17N. The Morgan fingerprint density at radius 1 is 0.647 bits per heavy atom. The maximum atomic E-state index is 4.39. The highest BCUT2D eigenvalue weighted by Gasteiger charge is 2.22. The first-order valence-corrected chi connectivity index (χ1v) is 6.08. The SMILES string of the molecule is CC.CN=C1c2ccccc2-c2ccccc21. The smallest absolute Gasteiger partial charge is 0.0727 e. The first kappa shape index (κ1) is 11.6. The van der Waals surface area contributed by atoms with Crippen LogP contribution < -0.4 is 0 Å². The highest BCUT2D eigenvalue weighted by Crippen LogP contribution is 2.36. The van der Waals surface area contributed by atoms with E-state index in [-0.39, 0.29) is 0 Å². The standard InChI is InChI=1S/C14H11N.C2H6/c1-15-14-12-8-4-2-6-10(12)11-7-3-5-9-13(11)14;1-2/h2-9H,1H3;1-2H3. The van der Waals surface area contributed by atoms with Crippen molar-refractivity contribution in [2.24, 2.45) is 4.99 Å². The topological polar surface area (TPSA) is 12.4 Å². The molecule has 0 fully saturated rings. The highest BCUT2D eigenvalue weighted by molar-refractivity contribution is 6.24. The summed E-state index contributed by atoms with van der Waals surface area (Å²) in [7, 11) is 1.86. The van der Waals surface area contributed by atoms with Gasteiger partial charge in [-0.2, -0.15) is 0 Å². The van der Waals surface area contributed by atoms with Gasteiger partial charge in [0.2, 0.25) is 0 Å². The third-order valence-corrected chi connectivity index (χ3v) is 2.88. The van der Waals surface area contributed by atoms with Gasteiger partial charge in [-0.3, -0.25) is 4.99 Å². The van der Waals surface area contributed by atoms with E-state index in [4.69, 9.17) is 0 Å². The van der Waals surface area contributed by atoms with E-state index in [0.717, 1.165) is 5.71 Å². The number of fused-ring (bicyclic) bond motifs is 3. The predicted molar refractivity (Wildman–Crippen MR) is 74.8 cm³/mol. The fourth-order valence-corrected chi connectivity index (χ4v) is 2.23. The molecule has 1 nitrogen and oxygen atoms in total. The summed E-state index contributed by atoms with van der Waals surface area (Å²) in [5, 5.41) is 0. The third kappa shape index (κ3) is 1.78. The van der Waals surface area contributed by atoms with Crippen molar-refractivity contribution in [2.45, 2.75) is 13.8 Å². The molecule has 0 bridgehead atoms. The van der Waals surface area contributed by atoms with Crippen LogP contribution in [0.25, 0.3) is 11.1 Å². The first-order valence-electron chi connectivity index (χ1n) is 6.08. The van der Waals surface area contributed by atoms with Crippen molar-refractivity contribution in [3.63, 3.8) is 0 Å². The van der Waals surface area contributed by atoms with Crippen LogP contribution in [-0.2, 0) is 0 Å². The molecule has 17 heavy (non-hydrogen) atoms. The van der Waals surface area contributed by atoms with Crippen molar-refractivity contribution in [3.8, 4) is 11.1 Å². The van der Waals surface area contributed by atoms with E-state index >= 15 is 0 Å². The Kier molecular flexibility index (Phi) is 3.38. The van der Waals surface area contributed by atoms with Gasteiger partial charge in [-0.15, -0.1) is 0 Å². The van der Waals surface area contributed by atoms with Crippen molar-refractivity contribution in [3.05, 3.63) is 59.7 Å². The third-order valence-electron chi connectivity index (χ3n) is 2.88. The molecule has 3 rings (SSSR count). The van der Waals surface area contributed by atoms with Crippen molar-refractivity contribution >= 4 is 5.71 Å². The minimum atomic E-state index is 1.11. The summed E-state index contributed by atoms with van der Waals surface area (Å²) in [4.78, 5) is 4.39. The summed E-state index contributed by atoms with van der Waals surface area (Å²) in [6, 6.07) is 16.9. The molecule has 2 aromatic carbocycles. The number of nitrogens with zero attached hydrogens (tertiary/aromatic N) is 1. The average molecular weight is 223 g/mol. The number of hydrogen-bond donors (Lipinski definition) is 0. The van der Waals surface area contributed by atoms with Gasteiger partial charge in [0, 0.05) is 18.2 Å². The highest BCUT2D eigenvalue weighted by atomic mass is 14.7. The summed E-state index contributed by atoms with van der Waals surface area (Å²) in [6.07, 6.45) is 0. The van der Waals surface area contributed by atoms with Crippen molar-refractivity contribution in [2.75, 3.05) is 7.05 Å². The summed E-state index contributed by atoms with van der Waals surface area (Å²) >= 11 is 0. The van der Waals surface area contributed by atoms with Gasteiger partial charge in [-0.05, 0) is 11.1 Å². The van der Waals surface area contributed by atoms with E-state index < -0.39 is 0 Å². The second-order valence-corrected chi connectivity index (χ2v) is 3.66. The molecule has 0 saturated carbocycles. The van der Waals surface area contributed by atoms with E-state index in [1.807, 2.05) is 20.9 Å². The van der Waals surface area contributed by atoms with Crippen molar-refractivity contribution < 1.29 is 0 Å². The van der Waals surface area contributed by atoms with Crippen LogP contribution in [0.3, 0.4) is 0 Å². The van der Waals surface area contributed by atoms with Gasteiger partial charge >= 0.3 is 0 Å². The van der Waals surface area contributed by atoms with Crippen LogP contribution in [0.15, 0.2) is 53.5 Å². The fraction of sp³-hybridized carbons (Fsp3) is 0.188. The number of hydrogen-bond acceptors (Lipinski definition) is 1.